The molecule has 0 saturated carbocycles. The molecule has 0 heterocycles. The van der Waals surface area contributed by atoms with Gasteiger partial charge in [0.25, 0.3) is 0 Å². The minimum atomic E-state index is -4.79. The number of carbonyl (C=O) groups excluding carboxylic acids is 2. The number of hydrogen-bond donors (Lipinski definition) is 2. The molecule has 0 saturated heterocycles. The molecule has 0 aliphatic rings. The molecule has 10 heteroatoms. The second kappa shape index (κ2) is 6.84. The molecular formula is C15H12O8S2. The van der Waals surface area contributed by atoms with Crippen LogP contribution in [0.1, 0.15) is 31.8 Å². The molecule has 0 atom stereocenters. The SMILES string of the molecule is O=C(c1ccc(Cc2ccc(C(=O)S(=O)(=O)O)cc2)cc1)S(=O)(=O)O. The quantitative estimate of drug-likeness (QED) is 0.752. The van der Waals surface area contributed by atoms with Crippen molar-refractivity contribution in [3.8, 4) is 0 Å². The van der Waals surface area contributed by atoms with E-state index >= 15 is 0 Å². The Bertz CT molecular complexity index is 932. The van der Waals surface area contributed by atoms with Gasteiger partial charge in [0, 0.05) is 11.1 Å². The first kappa shape index (κ1) is 18.9. The van der Waals surface area contributed by atoms with Crippen LogP contribution < -0.4 is 0 Å². The number of hydrogen-bond acceptors (Lipinski definition) is 6. The van der Waals surface area contributed by atoms with Crippen molar-refractivity contribution < 1.29 is 35.5 Å². The zero-order valence-corrected chi connectivity index (χ0v) is 14.1. The highest BCUT2D eigenvalue weighted by Gasteiger charge is 2.21. The first-order chi connectivity index (χ1) is 11.5. The third-order valence-corrected chi connectivity index (χ3v) is 4.66. The van der Waals surface area contributed by atoms with Gasteiger partial charge in [0.15, 0.2) is 0 Å². The lowest BCUT2D eigenvalue weighted by Crippen LogP contribution is -2.13. The predicted octanol–water partition coefficient (Wildman–Crippen LogP) is 1.33. The Kier molecular flexibility index (Phi) is 5.18. The number of rotatable bonds is 4. The van der Waals surface area contributed by atoms with Crippen LogP contribution in [-0.2, 0) is 26.7 Å². The molecule has 0 spiro atoms. The molecule has 0 unspecified atom stereocenters. The van der Waals surface area contributed by atoms with Crippen LogP contribution in [0.3, 0.4) is 0 Å². The lowest BCUT2D eigenvalue weighted by molar-refractivity contribution is 0.106. The minimum absolute atomic E-state index is 0.180. The number of carbonyl (C=O) groups is 2. The molecule has 2 N–H and O–H groups in total. The highest BCUT2D eigenvalue weighted by molar-refractivity contribution is 8.02. The Balaban J connectivity index is 2.15. The first-order valence-corrected chi connectivity index (χ1v) is 9.58. The summed E-state index contributed by atoms with van der Waals surface area (Å²) in [6.07, 6.45) is 0.362. The molecule has 0 radical (unpaired) electrons. The summed E-state index contributed by atoms with van der Waals surface area (Å²) in [6, 6.07) is 11.0. The van der Waals surface area contributed by atoms with Crippen molar-refractivity contribution in [3.05, 3.63) is 70.8 Å². The molecule has 0 aromatic heterocycles. The molecule has 0 fully saturated rings. The van der Waals surface area contributed by atoms with Gasteiger partial charge in [-0.3, -0.25) is 18.7 Å². The summed E-state index contributed by atoms with van der Waals surface area (Å²) in [4.78, 5) is 22.8. The monoisotopic (exact) mass is 384 g/mol. The van der Waals surface area contributed by atoms with Crippen LogP contribution in [0.15, 0.2) is 48.5 Å². The molecule has 2 rings (SSSR count). The van der Waals surface area contributed by atoms with Gasteiger partial charge in [-0.1, -0.05) is 24.3 Å². The Morgan fingerprint density at radius 2 is 0.920 bits per heavy atom. The van der Waals surface area contributed by atoms with Crippen molar-refractivity contribution in [3.63, 3.8) is 0 Å². The second-order valence-electron chi connectivity index (χ2n) is 5.10. The summed E-state index contributed by atoms with van der Waals surface area (Å²) in [7, 11) is -9.59. The zero-order valence-electron chi connectivity index (χ0n) is 12.5. The molecule has 2 aromatic carbocycles. The van der Waals surface area contributed by atoms with Gasteiger partial charge in [-0.25, -0.2) is 0 Å². The fourth-order valence-electron chi connectivity index (χ4n) is 2.05. The summed E-state index contributed by atoms with van der Waals surface area (Å²) in [5.41, 5.74) is 1.06. The van der Waals surface area contributed by atoms with Crippen LogP contribution in [0.4, 0.5) is 0 Å². The normalized spacial score (nSPS) is 11.9. The van der Waals surface area contributed by atoms with Gasteiger partial charge in [0.1, 0.15) is 0 Å². The van der Waals surface area contributed by atoms with E-state index in [-0.39, 0.29) is 11.1 Å². The maximum atomic E-state index is 11.4. The van der Waals surface area contributed by atoms with Gasteiger partial charge < -0.3 is 0 Å². The minimum Gasteiger partial charge on any atom is -0.279 e. The summed E-state index contributed by atoms with van der Waals surface area (Å²) in [6.45, 7) is 0. The molecule has 132 valence electrons. The lowest BCUT2D eigenvalue weighted by atomic mass is 10.0. The van der Waals surface area contributed by atoms with Crippen LogP contribution in [0, 0.1) is 0 Å². The molecule has 25 heavy (non-hydrogen) atoms. The van der Waals surface area contributed by atoms with Crippen LogP contribution in [-0.4, -0.2) is 36.2 Å². The van der Waals surface area contributed by atoms with E-state index in [0.717, 1.165) is 0 Å². The largest absolute Gasteiger partial charge is 0.333 e. The van der Waals surface area contributed by atoms with E-state index in [1.54, 1.807) is 0 Å². The lowest BCUT2D eigenvalue weighted by Gasteiger charge is -2.04. The van der Waals surface area contributed by atoms with Crippen LogP contribution in [0.25, 0.3) is 0 Å². The standard InChI is InChI=1S/C15H12O8S2/c16-14(24(18,19)20)12-5-1-10(2-6-12)9-11-3-7-13(8-4-11)15(17)25(21,22)23/h1-8H,9H2,(H,18,19,20)(H,21,22,23). The van der Waals surface area contributed by atoms with Crippen molar-refractivity contribution in [1.29, 1.82) is 0 Å². The smallest absolute Gasteiger partial charge is 0.279 e. The summed E-state index contributed by atoms with van der Waals surface area (Å²) < 4.78 is 60.5. The van der Waals surface area contributed by atoms with Crippen molar-refractivity contribution in [2.45, 2.75) is 6.42 Å². The average Bonchev–Trinajstić information content (AvgIpc) is 2.53. The van der Waals surface area contributed by atoms with Gasteiger partial charge in [0.05, 0.1) is 0 Å². The van der Waals surface area contributed by atoms with E-state index in [4.69, 9.17) is 9.11 Å². The molecule has 0 aliphatic heterocycles. The molecular weight excluding hydrogens is 372 g/mol. The van der Waals surface area contributed by atoms with Gasteiger partial charge in [-0.2, -0.15) is 16.8 Å². The third kappa shape index (κ3) is 4.79. The Morgan fingerprint density at radius 1 is 0.640 bits per heavy atom. The predicted molar refractivity (Wildman–Crippen MR) is 87.4 cm³/mol. The second-order valence-corrected chi connectivity index (χ2v) is 7.74. The Morgan fingerprint density at radius 3 is 1.16 bits per heavy atom. The van der Waals surface area contributed by atoms with Gasteiger partial charge >= 0.3 is 30.5 Å². The fourth-order valence-corrected chi connectivity index (χ4v) is 2.92. The van der Waals surface area contributed by atoms with E-state index in [0.29, 0.717) is 17.5 Å². The van der Waals surface area contributed by atoms with E-state index in [1.165, 1.54) is 48.5 Å². The van der Waals surface area contributed by atoms with E-state index in [9.17, 15) is 26.4 Å². The van der Waals surface area contributed by atoms with E-state index in [2.05, 4.69) is 0 Å². The van der Waals surface area contributed by atoms with Crippen molar-refractivity contribution in [2.75, 3.05) is 0 Å². The van der Waals surface area contributed by atoms with Crippen molar-refractivity contribution in [2.24, 2.45) is 0 Å². The van der Waals surface area contributed by atoms with Gasteiger partial charge in [-0.05, 0) is 41.8 Å². The zero-order chi connectivity index (χ0) is 18.8. The Labute approximate surface area is 143 Å². The summed E-state index contributed by atoms with van der Waals surface area (Å²) in [5.74, 6) is 0. The average molecular weight is 384 g/mol. The maximum Gasteiger partial charge on any atom is 0.333 e. The van der Waals surface area contributed by atoms with E-state index in [1.807, 2.05) is 0 Å². The molecule has 2 aromatic rings. The Hall–Kier alpha value is -2.40. The van der Waals surface area contributed by atoms with Gasteiger partial charge in [0.2, 0.25) is 0 Å². The van der Waals surface area contributed by atoms with Crippen LogP contribution in [0.2, 0.25) is 0 Å². The van der Waals surface area contributed by atoms with Crippen molar-refractivity contribution in [1.82, 2.24) is 0 Å². The molecule has 0 aliphatic carbocycles. The topological polar surface area (TPSA) is 143 Å². The summed E-state index contributed by atoms with van der Waals surface area (Å²) in [5, 5.41) is -2.79. The maximum absolute atomic E-state index is 11.4. The van der Waals surface area contributed by atoms with Gasteiger partial charge in [-0.15, -0.1) is 0 Å². The molecule has 0 bridgehead atoms. The first-order valence-electron chi connectivity index (χ1n) is 6.70. The summed E-state index contributed by atoms with van der Waals surface area (Å²) >= 11 is 0. The number of benzene rings is 2. The van der Waals surface area contributed by atoms with Crippen molar-refractivity contribution >= 4 is 30.5 Å². The third-order valence-electron chi connectivity index (χ3n) is 3.26. The fraction of sp³-hybridized carbons (Fsp3) is 0.0667. The molecule has 0 amide bonds. The highest BCUT2D eigenvalue weighted by Crippen LogP contribution is 2.14. The van der Waals surface area contributed by atoms with Crippen LogP contribution >= 0.6 is 0 Å². The molecule has 8 nitrogen and oxygen atoms in total. The van der Waals surface area contributed by atoms with Crippen LogP contribution in [0.5, 0.6) is 0 Å². The highest BCUT2D eigenvalue weighted by atomic mass is 32.2. The van der Waals surface area contributed by atoms with E-state index < -0.39 is 30.5 Å².